The fourth-order valence-electron chi connectivity index (χ4n) is 2.65. The quantitative estimate of drug-likeness (QED) is 0.304. The van der Waals surface area contributed by atoms with Gasteiger partial charge in [-0.2, -0.15) is 0 Å². The number of hydrogen-bond donors (Lipinski definition) is 2. The Morgan fingerprint density at radius 1 is 0.938 bits per heavy atom. The molecule has 2 aromatic carbocycles. The summed E-state index contributed by atoms with van der Waals surface area (Å²) in [7, 11) is 1.31. The zero-order chi connectivity index (χ0) is 22.9. The van der Waals surface area contributed by atoms with Gasteiger partial charge >= 0.3 is 11.9 Å². The van der Waals surface area contributed by atoms with Gasteiger partial charge in [-0.1, -0.05) is 30.3 Å². The molecule has 2 amide bonds. The number of benzene rings is 2. The first-order valence-electron chi connectivity index (χ1n) is 9.68. The number of furan rings is 1. The van der Waals surface area contributed by atoms with Crippen LogP contribution in [0.2, 0.25) is 0 Å². The van der Waals surface area contributed by atoms with E-state index in [0.717, 1.165) is 0 Å². The Labute approximate surface area is 189 Å². The van der Waals surface area contributed by atoms with Crippen molar-refractivity contribution in [3.05, 3.63) is 83.8 Å². The number of nitrogens with one attached hydrogen (secondary N) is 2. The Kier molecular flexibility index (Phi) is 7.93. The van der Waals surface area contributed by atoms with E-state index in [4.69, 9.17) is 13.9 Å². The summed E-state index contributed by atoms with van der Waals surface area (Å²) in [6.45, 7) is 1.84. The first-order chi connectivity index (χ1) is 15.5. The van der Waals surface area contributed by atoms with Gasteiger partial charge in [0.05, 0.1) is 12.7 Å². The molecule has 0 aliphatic heterocycles. The third-order valence-electron chi connectivity index (χ3n) is 4.27. The first kappa shape index (κ1) is 23.0. The van der Waals surface area contributed by atoms with Crippen molar-refractivity contribution in [3.8, 4) is 5.75 Å². The second-order valence-electron chi connectivity index (χ2n) is 6.56. The largest absolute Gasteiger partial charge is 0.486 e. The summed E-state index contributed by atoms with van der Waals surface area (Å²) >= 11 is 1.19. The van der Waals surface area contributed by atoms with E-state index in [0.29, 0.717) is 22.0 Å². The number of ether oxygens (including phenoxy) is 2. The van der Waals surface area contributed by atoms with Gasteiger partial charge < -0.3 is 13.9 Å². The SMILES string of the molecule is COC(=O)C(C)Sc1ccccc1C(=O)NNC(=O)c1ccc(COc2ccccc2)o1. The van der Waals surface area contributed by atoms with E-state index >= 15 is 0 Å². The van der Waals surface area contributed by atoms with Gasteiger partial charge in [0.25, 0.3) is 5.91 Å². The topological polar surface area (TPSA) is 107 Å². The molecule has 9 heteroatoms. The lowest BCUT2D eigenvalue weighted by Gasteiger charge is -2.13. The van der Waals surface area contributed by atoms with Crippen molar-refractivity contribution >= 4 is 29.5 Å². The van der Waals surface area contributed by atoms with E-state index in [1.165, 1.54) is 24.9 Å². The molecule has 0 saturated carbocycles. The fraction of sp³-hybridized carbons (Fsp3) is 0.174. The molecule has 1 unspecified atom stereocenters. The van der Waals surface area contributed by atoms with Crippen molar-refractivity contribution in [2.24, 2.45) is 0 Å². The Hall–Kier alpha value is -3.72. The van der Waals surface area contributed by atoms with Crippen LogP contribution in [0.5, 0.6) is 5.75 Å². The number of esters is 1. The van der Waals surface area contributed by atoms with Gasteiger partial charge in [-0.15, -0.1) is 11.8 Å². The highest BCUT2D eigenvalue weighted by atomic mass is 32.2. The fourth-order valence-corrected chi connectivity index (χ4v) is 3.67. The number of amides is 2. The molecule has 0 aliphatic carbocycles. The van der Waals surface area contributed by atoms with Crippen LogP contribution in [-0.2, 0) is 16.1 Å². The highest BCUT2D eigenvalue weighted by Crippen LogP contribution is 2.27. The average Bonchev–Trinajstić information content (AvgIpc) is 3.30. The van der Waals surface area contributed by atoms with Crippen molar-refractivity contribution < 1.29 is 28.3 Å². The van der Waals surface area contributed by atoms with E-state index in [9.17, 15) is 14.4 Å². The predicted molar refractivity (Wildman–Crippen MR) is 118 cm³/mol. The van der Waals surface area contributed by atoms with Crippen LogP contribution in [0.3, 0.4) is 0 Å². The molecule has 0 bridgehead atoms. The summed E-state index contributed by atoms with van der Waals surface area (Å²) in [6.07, 6.45) is 0. The number of hydrazine groups is 1. The van der Waals surface area contributed by atoms with Crippen LogP contribution in [0.1, 0.15) is 33.6 Å². The minimum Gasteiger partial charge on any atom is -0.486 e. The van der Waals surface area contributed by atoms with Crippen molar-refractivity contribution in [3.63, 3.8) is 0 Å². The number of para-hydroxylation sites is 1. The number of thioether (sulfide) groups is 1. The van der Waals surface area contributed by atoms with Crippen LogP contribution in [0, 0.1) is 0 Å². The first-order valence-corrected chi connectivity index (χ1v) is 10.6. The molecular weight excluding hydrogens is 432 g/mol. The lowest BCUT2D eigenvalue weighted by atomic mass is 10.2. The maximum Gasteiger partial charge on any atom is 0.318 e. The van der Waals surface area contributed by atoms with Crippen molar-refractivity contribution in [1.29, 1.82) is 0 Å². The Morgan fingerprint density at radius 2 is 1.62 bits per heavy atom. The minimum absolute atomic E-state index is 0.0268. The molecule has 1 heterocycles. The van der Waals surface area contributed by atoms with Crippen LogP contribution < -0.4 is 15.6 Å². The molecule has 8 nitrogen and oxygen atoms in total. The predicted octanol–water partition coefficient (Wildman–Crippen LogP) is 3.59. The van der Waals surface area contributed by atoms with E-state index in [2.05, 4.69) is 10.9 Å². The maximum absolute atomic E-state index is 12.6. The second-order valence-corrected chi connectivity index (χ2v) is 7.94. The monoisotopic (exact) mass is 454 g/mol. The summed E-state index contributed by atoms with van der Waals surface area (Å²) < 4.78 is 15.8. The minimum atomic E-state index is -0.614. The van der Waals surface area contributed by atoms with Crippen LogP contribution in [0.15, 0.2) is 76.0 Å². The van der Waals surface area contributed by atoms with Gasteiger partial charge in [-0.3, -0.25) is 25.2 Å². The van der Waals surface area contributed by atoms with Gasteiger partial charge in [0.1, 0.15) is 23.4 Å². The molecule has 32 heavy (non-hydrogen) atoms. The molecular formula is C23H22N2O6S. The van der Waals surface area contributed by atoms with Crippen molar-refractivity contribution in [2.45, 2.75) is 23.7 Å². The maximum atomic E-state index is 12.6. The van der Waals surface area contributed by atoms with E-state index in [1.807, 2.05) is 30.3 Å². The van der Waals surface area contributed by atoms with Crippen LogP contribution >= 0.6 is 11.8 Å². The van der Waals surface area contributed by atoms with E-state index < -0.39 is 23.0 Å². The number of carbonyl (C=O) groups is 3. The summed E-state index contributed by atoms with van der Waals surface area (Å²) in [5.74, 6) is -0.374. The van der Waals surface area contributed by atoms with E-state index in [1.54, 1.807) is 37.3 Å². The molecule has 0 saturated heterocycles. The molecule has 1 atom stereocenters. The van der Waals surface area contributed by atoms with Gasteiger partial charge in [0.2, 0.25) is 0 Å². The number of carbonyl (C=O) groups excluding carboxylic acids is 3. The molecule has 0 aliphatic rings. The Bertz CT molecular complexity index is 1080. The van der Waals surface area contributed by atoms with Crippen LogP contribution in [-0.4, -0.2) is 30.1 Å². The normalized spacial score (nSPS) is 11.3. The van der Waals surface area contributed by atoms with Crippen LogP contribution in [0.25, 0.3) is 0 Å². The summed E-state index contributed by atoms with van der Waals surface area (Å²) in [5, 5.41) is -0.497. The Morgan fingerprint density at radius 3 is 2.38 bits per heavy atom. The van der Waals surface area contributed by atoms with Crippen molar-refractivity contribution in [2.75, 3.05) is 7.11 Å². The highest BCUT2D eigenvalue weighted by Gasteiger charge is 2.20. The summed E-state index contributed by atoms with van der Waals surface area (Å²) in [6, 6.07) is 19.1. The zero-order valence-corrected chi connectivity index (χ0v) is 18.3. The lowest BCUT2D eigenvalue weighted by molar-refractivity contribution is -0.139. The van der Waals surface area contributed by atoms with Gasteiger partial charge in [0, 0.05) is 4.90 Å². The second kappa shape index (κ2) is 11.1. The number of hydrogen-bond acceptors (Lipinski definition) is 7. The molecule has 2 N–H and O–H groups in total. The van der Waals surface area contributed by atoms with Gasteiger partial charge in [0.15, 0.2) is 5.76 Å². The molecule has 0 radical (unpaired) electrons. The van der Waals surface area contributed by atoms with E-state index in [-0.39, 0.29) is 12.4 Å². The highest BCUT2D eigenvalue weighted by molar-refractivity contribution is 8.00. The molecule has 0 fully saturated rings. The average molecular weight is 455 g/mol. The third kappa shape index (κ3) is 6.14. The number of rotatable bonds is 8. The van der Waals surface area contributed by atoms with Gasteiger partial charge in [-0.25, -0.2) is 0 Å². The molecule has 3 rings (SSSR count). The summed E-state index contributed by atoms with van der Waals surface area (Å²) in [5.41, 5.74) is 5.00. The summed E-state index contributed by atoms with van der Waals surface area (Å²) in [4.78, 5) is 37.2. The molecule has 3 aromatic rings. The standard InChI is InChI=1S/C23H22N2O6S/c1-15(23(28)29-2)32-20-11-7-6-10-18(20)21(26)24-25-22(27)19-13-12-17(31-19)14-30-16-8-4-3-5-9-16/h3-13,15H,14H2,1-2H3,(H,24,26)(H,25,27). The Balaban J connectivity index is 1.56. The van der Waals surface area contributed by atoms with Gasteiger partial charge in [-0.05, 0) is 43.3 Å². The smallest absolute Gasteiger partial charge is 0.318 e. The third-order valence-corrected chi connectivity index (χ3v) is 5.42. The van der Waals surface area contributed by atoms with Crippen LogP contribution in [0.4, 0.5) is 0 Å². The lowest BCUT2D eigenvalue weighted by Crippen LogP contribution is -2.41. The molecule has 166 valence electrons. The molecule has 1 aromatic heterocycles. The number of methoxy groups -OCH3 is 1. The zero-order valence-electron chi connectivity index (χ0n) is 17.5. The van der Waals surface area contributed by atoms with Crippen molar-refractivity contribution in [1.82, 2.24) is 10.9 Å². The molecule has 0 spiro atoms.